The van der Waals surface area contributed by atoms with Gasteiger partial charge in [-0.05, 0) is 64.1 Å². The van der Waals surface area contributed by atoms with Crippen LogP contribution in [0, 0.1) is 5.92 Å². The first-order chi connectivity index (χ1) is 21.9. The van der Waals surface area contributed by atoms with E-state index in [4.69, 9.17) is 19.2 Å². The van der Waals surface area contributed by atoms with Crippen molar-refractivity contribution in [3.05, 3.63) is 45.9 Å². The zero-order valence-corrected chi connectivity index (χ0v) is 27.9. The number of likely N-dealkylation sites (N-methyl/N-ethyl adjacent to an activating group) is 1. The van der Waals surface area contributed by atoms with Crippen molar-refractivity contribution in [2.45, 2.75) is 89.8 Å². The number of likely N-dealkylation sites (tertiary alicyclic amines) is 1. The normalized spacial score (nSPS) is 18.5. The molecule has 1 aromatic heterocycles. The Balaban J connectivity index is 1.36. The minimum atomic E-state index is -0.553. The van der Waals surface area contributed by atoms with Crippen molar-refractivity contribution in [1.29, 1.82) is 0 Å². The van der Waals surface area contributed by atoms with Crippen LogP contribution in [0.3, 0.4) is 0 Å². The predicted molar refractivity (Wildman–Crippen MR) is 175 cm³/mol. The predicted octanol–water partition coefficient (Wildman–Crippen LogP) is 4.92. The maximum Gasteiger partial charge on any atom is 0.246 e. The van der Waals surface area contributed by atoms with Gasteiger partial charge in [0.15, 0.2) is 0 Å². The summed E-state index contributed by atoms with van der Waals surface area (Å²) in [7, 11) is 1.74. The van der Waals surface area contributed by atoms with Crippen LogP contribution in [-0.4, -0.2) is 86.2 Å². The minimum absolute atomic E-state index is 0.0398. The summed E-state index contributed by atoms with van der Waals surface area (Å²) in [5.74, 6) is 0.328. The quantitative estimate of drug-likeness (QED) is 0.174. The van der Waals surface area contributed by atoms with Gasteiger partial charge >= 0.3 is 0 Å². The second-order valence-corrected chi connectivity index (χ2v) is 12.8. The average molecular weight is 643 g/mol. The van der Waals surface area contributed by atoms with Crippen LogP contribution in [0.4, 0.5) is 0 Å². The number of hydrogen-bond donors (Lipinski definition) is 2. The van der Waals surface area contributed by atoms with Crippen molar-refractivity contribution in [2.24, 2.45) is 5.92 Å². The zero-order valence-electron chi connectivity index (χ0n) is 27.1. The number of rotatable bonds is 18. The van der Waals surface area contributed by atoms with E-state index >= 15 is 0 Å². The highest BCUT2D eigenvalue weighted by Gasteiger charge is 2.40. The smallest absolute Gasteiger partial charge is 0.246 e. The number of ketones is 1. The third kappa shape index (κ3) is 10.1. The second-order valence-electron chi connectivity index (χ2n) is 11.9. The molecule has 0 bridgehead atoms. The molecule has 4 rings (SSSR count). The van der Waals surface area contributed by atoms with Gasteiger partial charge in [0.05, 0.1) is 31.9 Å². The molecule has 2 fully saturated rings. The third-order valence-electron chi connectivity index (χ3n) is 8.69. The van der Waals surface area contributed by atoms with E-state index in [0.29, 0.717) is 50.0 Å². The summed E-state index contributed by atoms with van der Waals surface area (Å²) in [6.07, 6.45) is 8.97. The number of nitrogens with zero attached hydrogens (tertiary/aromatic N) is 2. The highest BCUT2D eigenvalue weighted by molar-refractivity contribution is 7.10. The molecule has 11 heteroatoms. The van der Waals surface area contributed by atoms with E-state index in [1.54, 1.807) is 37.6 Å². The molecule has 248 valence electrons. The monoisotopic (exact) mass is 642 g/mol. The molecule has 10 nitrogen and oxygen atoms in total. The Bertz CT molecular complexity index is 1230. The van der Waals surface area contributed by atoms with Gasteiger partial charge in [-0.25, -0.2) is 4.98 Å². The number of benzene rings is 1. The molecule has 1 aliphatic carbocycles. The van der Waals surface area contributed by atoms with Crippen molar-refractivity contribution in [1.82, 2.24) is 20.5 Å². The zero-order chi connectivity index (χ0) is 32.0. The first-order valence-electron chi connectivity index (χ1n) is 16.6. The summed E-state index contributed by atoms with van der Waals surface area (Å²) >= 11 is 1.41. The fourth-order valence-electron chi connectivity index (χ4n) is 5.93. The maximum absolute atomic E-state index is 14.0. The minimum Gasteiger partial charge on any atom is -0.491 e. The molecule has 2 aromatic rings. The summed E-state index contributed by atoms with van der Waals surface area (Å²) in [6, 6.07) is 5.95. The second kappa shape index (κ2) is 18.3. The van der Waals surface area contributed by atoms with Gasteiger partial charge in [-0.15, -0.1) is 11.3 Å². The van der Waals surface area contributed by atoms with E-state index in [1.807, 2.05) is 11.0 Å². The first kappa shape index (κ1) is 35.0. The van der Waals surface area contributed by atoms with Crippen molar-refractivity contribution in [2.75, 3.05) is 46.6 Å². The SMILES string of the molecule is CCCCOCCOCCOc1cccc(C(=O)c2csc([C@@H]3CCCN3C(=O)[C@@H](NC(=O)[C@H](C)NC)C3CCCCC3)n2)c1. The summed E-state index contributed by atoms with van der Waals surface area (Å²) < 4.78 is 16.9. The van der Waals surface area contributed by atoms with E-state index < -0.39 is 6.04 Å². The standard InChI is InChI=1S/C34H50N4O6S/c1-4-5-17-42-18-19-43-20-21-44-27-14-9-13-26(22-27)31(39)28-23-45-33(36-28)29-15-10-16-38(29)34(41)30(25-11-7-6-8-12-25)37-32(40)24(2)35-3/h9,13-14,22-25,29-30,35H,4-8,10-12,15-21H2,1-3H3,(H,37,40)/t24-,29-,30-/m0/s1. The van der Waals surface area contributed by atoms with E-state index in [-0.39, 0.29) is 35.6 Å². The molecule has 1 aliphatic heterocycles. The molecule has 2 N–H and O–H groups in total. The van der Waals surface area contributed by atoms with Crippen LogP contribution < -0.4 is 15.4 Å². The van der Waals surface area contributed by atoms with Gasteiger partial charge in [0.25, 0.3) is 0 Å². The van der Waals surface area contributed by atoms with Crippen molar-refractivity contribution in [3.63, 3.8) is 0 Å². The van der Waals surface area contributed by atoms with Gasteiger partial charge in [0.1, 0.15) is 29.1 Å². The van der Waals surface area contributed by atoms with Crippen LogP contribution >= 0.6 is 11.3 Å². The lowest BCUT2D eigenvalue weighted by Crippen LogP contribution is -2.55. The Morgan fingerprint density at radius 2 is 1.78 bits per heavy atom. The van der Waals surface area contributed by atoms with E-state index in [0.717, 1.165) is 63.0 Å². The van der Waals surface area contributed by atoms with Crippen LogP contribution in [0.5, 0.6) is 5.75 Å². The van der Waals surface area contributed by atoms with Gasteiger partial charge in [-0.2, -0.15) is 0 Å². The molecule has 2 aliphatic rings. The number of amides is 2. The van der Waals surface area contributed by atoms with Gasteiger partial charge in [0.2, 0.25) is 17.6 Å². The molecule has 2 amide bonds. The molecular weight excluding hydrogens is 592 g/mol. The number of aromatic nitrogens is 1. The largest absolute Gasteiger partial charge is 0.491 e. The van der Waals surface area contributed by atoms with Gasteiger partial charge in [-0.1, -0.05) is 44.7 Å². The molecular formula is C34H50N4O6S. The number of carbonyl (C=O) groups excluding carboxylic acids is 3. The maximum atomic E-state index is 14.0. The highest BCUT2D eigenvalue weighted by atomic mass is 32.1. The lowest BCUT2D eigenvalue weighted by molar-refractivity contribution is -0.139. The van der Waals surface area contributed by atoms with Crippen LogP contribution in [-0.2, 0) is 19.1 Å². The van der Waals surface area contributed by atoms with Crippen molar-refractivity contribution in [3.8, 4) is 5.75 Å². The Kier molecular flexibility index (Phi) is 14.3. The molecule has 2 heterocycles. The number of nitrogens with one attached hydrogen (secondary N) is 2. The molecule has 45 heavy (non-hydrogen) atoms. The Morgan fingerprint density at radius 1 is 1.02 bits per heavy atom. The van der Waals surface area contributed by atoms with E-state index in [2.05, 4.69) is 17.6 Å². The molecule has 0 unspecified atom stereocenters. The highest BCUT2D eigenvalue weighted by Crippen LogP contribution is 2.36. The van der Waals surface area contributed by atoms with Crippen LogP contribution in [0.2, 0.25) is 0 Å². The van der Waals surface area contributed by atoms with Gasteiger partial charge < -0.3 is 29.7 Å². The summed E-state index contributed by atoms with van der Waals surface area (Å²) in [5.41, 5.74) is 0.852. The van der Waals surface area contributed by atoms with Crippen molar-refractivity contribution >= 4 is 28.9 Å². The molecule has 1 saturated heterocycles. The topological polar surface area (TPSA) is 119 Å². The fourth-order valence-corrected chi connectivity index (χ4v) is 6.88. The van der Waals surface area contributed by atoms with E-state index in [9.17, 15) is 14.4 Å². The van der Waals surface area contributed by atoms with Crippen LogP contribution in [0.25, 0.3) is 0 Å². The molecule has 3 atom stereocenters. The molecule has 0 spiro atoms. The third-order valence-corrected chi connectivity index (χ3v) is 9.64. The number of unbranched alkanes of at least 4 members (excludes halogenated alkanes) is 1. The molecule has 0 radical (unpaired) electrons. The first-order valence-corrected chi connectivity index (χ1v) is 17.5. The lowest BCUT2D eigenvalue weighted by atomic mass is 9.83. The molecule has 1 aromatic carbocycles. The Hall–Kier alpha value is -2.86. The van der Waals surface area contributed by atoms with Crippen LogP contribution in [0.1, 0.15) is 98.7 Å². The van der Waals surface area contributed by atoms with Crippen molar-refractivity contribution < 1.29 is 28.6 Å². The Labute approximate surface area is 271 Å². The molecule has 1 saturated carbocycles. The summed E-state index contributed by atoms with van der Waals surface area (Å²) in [5, 5.41) is 8.59. The number of carbonyl (C=O) groups is 3. The average Bonchev–Trinajstić information content (AvgIpc) is 3.76. The summed E-state index contributed by atoms with van der Waals surface area (Å²) in [4.78, 5) is 46.9. The number of thiazole rings is 1. The van der Waals surface area contributed by atoms with Gasteiger partial charge in [-0.3, -0.25) is 14.4 Å². The Morgan fingerprint density at radius 3 is 2.53 bits per heavy atom. The fraction of sp³-hybridized carbons (Fsp3) is 0.647. The van der Waals surface area contributed by atoms with Crippen LogP contribution in [0.15, 0.2) is 29.6 Å². The number of ether oxygens (including phenoxy) is 3. The number of hydrogen-bond acceptors (Lipinski definition) is 9. The van der Waals surface area contributed by atoms with Gasteiger partial charge in [0, 0.05) is 24.1 Å². The summed E-state index contributed by atoms with van der Waals surface area (Å²) in [6.45, 7) is 7.19. The van der Waals surface area contributed by atoms with E-state index in [1.165, 1.54) is 17.8 Å². The lowest BCUT2D eigenvalue weighted by Gasteiger charge is -2.35.